The molecule has 1 aliphatic rings. The maximum atomic E-state index is 12.5. The highest BCUT2D eigenvalue weighted by Gasteiger charge is 2.43. The van der Waals surface area contributed by atoms with E-state index in [4.69, 9.17) is 9.47 Å². The Morgan fingerprint density at radius 2 is 1.75 bits per heavy atom. The molecule has 2 atom stereocenters. The molecule has 0 aliphatic carbocycles. The Kier molecular flexibility index (Phi) is 5.12. The van der Waals surface area contributed by atoms with Crippen molar-refractivity contribution in [3.05, 3.63) is 53.1 Å². The van der Waals surface area contributed by atoms with Gasteiger partial charge in [-0.3, -0.25) is 4.79 Å². The van der Waals surface area contributed by atoms with Crippen molar-refractivity contribution in [2.24, 2.45) is 0 Å². The number of hydrogen-bond donors (Lipinski definition) is 3. The average Bonchev–Trinajstić information content (AvgIpc) is 3.07. The van der Waals surface area contributed by atoms with Gasteiger partial charge in [-0.1, -0.05) is 6.07 Å². The second-order valence-electron chi connectivity index (χ2n) is 6.10. The van der Waals surface area contributed by atoms with Gasteiger partial charge in [-0.15, -0.1) is 0 Å². The fraction of sp³-hybridized carbons (Fsp3) is 0.200. The second kappa shape index (κ2) is 7.51. The molecular formula is C20H18O8. The zero-order chi connectivity index (χ0) is 20.4. The van der Waals surface area contributed by atoms with Crippen molar-refractivity contribution in [3.8, 4) is 23.0 Å². The first-order valence-corrected chi connectivity index (χ1v) is 8.25. The van der Waals surface area contributed by atoms with Crippen molar-refractivity contribution in [1.82, 2.24) is 0 Å². The summed E-state index contributed by atoms with van der Waals surface area (Å²) in [5, 5.41) is 29.7. The van der Waals surface area contributed by atoms with Gasteiger partial charge in [0, 0.05) is 11.6 Å². The van der Waals surface area contributed by atoms with Crippen LogP contribution in [0.25, 0.3) is 6.08 Å². The molecule has 3 rings (SSSR count). The van der Waals surface area contributed by atoms with E-state index in [1.165, 1.54) is 50.6 Å². The van der Waals surface area contributed by atoms with Gasteiger partial charge in [0.1, 0.15) is 12.0 Å². The number of fused-ring (bicyclic) bond motifs is 1. The summed E-state index contributed by atoms with van der Waals surface area (Å²) in [7, 11) is 2.47. The molecule has 0 saturated carbocycles. The number of carbonyl (C=O) groups is 2. The zero-order valence-electron chi connectivity index (χ0n) is 15.1. The van der Waals surface area contributed by atoms with Crippen LogP contribution in [0.15, 0.2) is 36.4 Å². The fourth-order valence-electron chi connectivity index (χ4n) is 3.06. The minimum atomic E-state index is -0.929. The number of phenols is 3. The molecular weight excluding hydrogens is 368 g/mol. The van der Waals surface area contributed by atoms with Crippen molar-refractivity contribution in [3.63, 3.8) is 0 Å². The van der Waals surface area contributed by atoms with Gasteiger partial charge >= 0.3 is 11.9 Å². The molecule has 1 unspecified atom stereocenters. The maximum absolute atomic E-state index is 12.5. The number of ether oxygens (including phenoxy) is 3. The molecule has 0 radical (unpaired) electrons. The number of esters is 2. The third-order valence-corrected chi connectivity index (χ3v) is 4.40. The highest BCUT2D eigenvalue weighted by Crippen LogP contribution is 2.51. The number of phenolic OH excluding ortho intramolecular Hbond substituents is 3. The van der Waals surface area contributed by atoms with Gasteiger partial charge in [0.25, 0.3) is 0 Å². The average molecular weight is 386 g/mol. The Hall–Kier alpha value is -3.68. The summed E-state index contributed by atoms with van der Waals surface area (Å²) in [6.07, 6.45) is 1.72. The van der Waals surface area contributed by atoms with Gasteiger partial charge in [0.2, 0.25) is 0 Å². The monoisotopic (exact) mass is 386 g/mol. The van der Waals surface area contributed by atoms with Gasteiger partial charge in [-0.25, -0.2) is 4.79 Å². The predicted octanol–water partition coefficient (Wildman–Crippen LogP) is 2.38. The van der Waals surface area contributed by atoms with E-state index in [1.807, 2.05) is 0 Å². The van der Waals surface area contributed by atoms with Crippen LogP contribution in [0.2, 0.25) is 0 Å². The van der Waals surface area contributed by atoms with Crippen molar-refractivity contribution in [2.75, 3.05) is 14.2 Å². The molecule has 146 valence electrons. The minimum Gasteiger partial charge on any atom is -0.504 e. The van der Waals surface area contributed by atoms with Crippen LogP contribution in [0.5, 0.6) is 23.0 Å². The lowest BCUT2D eigenvalue weighted by Crippen LogP contribution is -2.20. The Morgan fingerprint density at radius 1 is 1.00 bits per heavy atom. The van der Waals surface area contributed by atoms with Crippen LogP contribution in [0.1, 0.15) is 28.7 Å². The molecule has 8 nitrogen and oxygen atoms in total. The molecule has 0 aromatic heterocycles. The summed E-state index contributed by atoms with van der Waals surface area (Å²) >= 11 is 0. The SMILES string of the molecule is COC(=O)/C=C/c1cc(O)c2c(c1)C(C(=O)OC)[C@H](c1ccc(O)c(O)c1)O2. The normalized spacial score (nSPS) is 17.8. The van der Waals surface area contributed by atoms with E-state index in [0.717, 1.165) is 0 Å². The molecule has 2 aromatic rings. The molecule has 1 heterocycles. The van der Waals surface area contributed by atoms with E-state index in [-0.39, 0.29) is 23.0 Å². The third-order valence-electron chi connectivity index (χ3n) is 4.40. The maximum Gasteiger partial charge on any atom is 0.330 e. The standard InChI is InChI=1S/C20H18O8/c1-26-16(24)6-3-10-7-12-17(20(25)27-2)18(28-19(12)15(23)8-10)11-4-5-13(21)14(22)9-11/h3-9,17-18,21-23H,1-2H3/b6-3+/t17?,18-/m0/s1. The van der Waals surface area contributed by atoms with E-state index in [0.29, 0.717) is 16.7 Å². The lowest BCUT2D eigenvalue weighted by atomic mass is 9.90. The summed E-state index contributed by atoms with van der Waals surface area (Å²) < 4.78 is 15.2. The van der Waals surface area contributed by atoms with Gasteiger partial charge in [-0.05, 0) is 41.5 Å². The Labute approximate surface area is 160 Å². The Morgan fingerprint density at radius 3 is 2.39 bits per heavy atom. The quantitative estimate of drug-likeness (QED) is 0.416. The lowest BCUT2D eigenvalue weighted by molar-refractivity contribution is -0.144. The van der Waals surface area contributed by atoms with Crippen molar-refractivity contribution in [2.45, 2.75) is 12.0 Å². The number of carbonyl (C=O) groups excluding carboxylic acids is 2. The van der Waals surface area contributed by atoms with Crippen LogP contribution in [0.3, 0.4) is 0 Å². The Bertz CT molecular complexity index is 963. The first-order chi connectivity index (χ1) is 13.3. The molecule has 0 spiro atoms. The summed E-state index contributed by atoms with van der Waals surface area (Å²) in [5.74, 6) is -2.91. The lowest BCUT2D eigenvalue weighted by Gasteiger charge is -2.18. The number of benzene rings is 2. The molecule has 28 heavy (non-hydrogen) atoms. The van der Waals surface area contributed by atoms with Crippen LogP contribution in [-0.4, -0.2) is 41.5 Å². The molecule has 0 bridgehead atoms. The summed E-state index contributed by atoms with van der Waals surface area (Å²) in [6, 6.07) is 7.02. The summed E-state index contributed by atoms with van der Waals surface area (Å²) in [5.41, 5.74) is 1.23. The van der Waals surface area contributed by atoms with Crippen LogP contribution in [-0.2, 0) is 19.1 Å². The molecule has 1 aliphatic heterocycles. The molecule has 0 amide bonds. The molecule has 0 fully saturated rings. The predicted molar refractivity (Wildman–Crippen MR) is 97.1 cm³/mol. The molecule has 3 N–H and O–H groups in total. The molecule has 0 saturated heterocycles. The number of aromatic hydroxyl groups is 3. The minimum absolute atomic E-state index is 0.100. The van der Waals surface area contributed by atoms with Crippen molar-refractivity contribution < 1.29 is 39.1 Å². The fourth-order valence-corrected chi connectivity index (χ4v) is 3.06. The van der Waals surface area contributed by atoms with E-state index in [1.54, 1.807) is 6.07 Å². The highest BCUT2D eigenvalue weighted by molar-refractivity contribution is 5.88. The smallest absolute Gasteiger partial charge is 0.330 e. The Balaban J connectivity index is 2.07. The van der Waals surface area contributed by atoms with Gasteiger partial charge in [-0.2, -0.15) is 0 Å². The number of hydrogen-bond acceptors (Lipinski definition) is 8. The first kappa shape index (κ1) is 19.1. The highest BCUT2D eigenvalue weighted by atomic mass is 16.5. The zero-order valence-corrected chi connectivity index (χ0v) is 15.1. The van der Waals surface area contributed by atoms with E-state index < -0.39 is 24.0 Å². The number of methoxy groups -OCH3 is 2. The number of rotatable bonds is 4. The second-order valence-corrected chi connectivity index (χ2v) is 6.10. The summed E-state index contributed by atoms with van der Waals surface area (Å²) in [4.78, 5) is 23.8. The van der Waals surface area contributed by atoms with E-state index in [2.05, 4.69) is 4.74 Å². The third kappa shape index (κ3) is 3.44. The van der Waals surface area contributed by atoms with Crippen LogP contribution in [0, 0.1) is 0 Å². The van der Waals surface area contributed by atoms with Crippen molar-refractivity contribution >= 4 is 18.0 Å². The molecule has 8 heteroatoms. The van der Waals surface area contributed by atoms with E-state index >= 15 is 0 Å². The largest absolute Gasteiger partial charge is 0.504 e. The topological polar surface area (TPSA) is 123 Å². The molecule has 2 aromatic carbocycles. The van der Waals surface area contributed by atoms with Gasteiger partial charge in [0.05, 0.1) is 14.2 Å². The van der Waals surface area contributed by atoms with Crippen LogP contribution in [0.4, 0.5) is 0 Å². The van der Waals surface area contributed by atoms with Crippen LogP contribution < -0.4 is 4.74 Å². The van der Waals surface area contributed by atoms with Gasteiger partial charge < -0.3 is 29.5 Å². The van der Waals surface area contributed by atoms with Crippen molar-refractivity contribution in [1.29, 1.82) is 0 Å². The van der Waals surface area contributed by atoms with E-state index in [9.17, 15) is 24.9 Å². The first-order valence-electron chi connectivity index (χ1n) is 8.25. The van der Waals surface area contributed by atoms with Gasteiger partial charge in [0.15, 0.2) is 23.0 Å². The summed E-state index contributed by atoms with van der Waals surface area (Å²) in [6.45, 7) is 0. The van der Waals surface area contributed by atoms with Crippen LogP contribution >= 0.6 is 0 Å².